The molecule has 0 saturated carbocycles. The highest BCUT2D eigenvalue weighted by Crippen LogP contribution is 2.21. The molecule has 0 radical (unpaired) electrons. The van der Waals surface area contributed by atoms with Crippen LogP contribution in [0.1, 0.15) is 30.9 Å². The van der Waals surface area contributed by atoms with Gasteiger partial charge in [-0.2, -0.15) is 0 Å². The molecule has 1 saturated heterocycles. The second-order valence-electron chi connectivity index (χ2n) is 6.80. The Balaban J connectivity index is 1.48. The molecule has 5 heteroatoms. The quantitative estimate of drug-likeness (QED) is 0.832. The van der Waals surface area contributed by atoms with Gasteiger partial charge >= 0.3 is 0 Å². The molecule has 2 aromatic rings. The van der Waals surface area contributed by atoms with Crippen molar-refractivity contribution in [2.45, 2.75) is 26.3 Å². The smallest absolute Gasteiger partial charge is 0.244 e. The van der Waals surface area contributed by atoms with Gasteiger partial charge in [-0.15, -0.1) is 0 Å². The largest absolute Gasteiger partial charge is 0.357 e. The second kappa shape index (κ2) is 8.61. The van der Waals surface area contributed by atoms with E-state index in [1.54, 1.807) is 18.2 Å². The predicted octanol–water partition coefficient (Wildman–Crippen LogP) is 3.79. The van der Waals surface area contributed by atoms with Crippen molar-refractivity contribution >= 4 is 17.8 Å². The molecule has 1 N–H and O–H groups in total. The van der Waals surface area contributed by atoms with Gasteiger partial charge in [-0.25, -0.2) is 9.37 Å². The molecule has 1 aromatic carbocycles. The van der Waals surface area contributed by atoms with Crippen LogP contribution in [0.5, 0.6) is 0 Å². The van der Waals surface area contributed by atoms with Crippen LogP contribution in [0.2, 0.25) is 0 Å². The van der Waals surface area contributed by atoms with Crippen molar-refractivity contribution in [3.63, 3.8) is 0 Å². The summed E-state index contributed by atoms with van der Waals surface area (Å²) in [5.74, 6) is 1.32. The van der Waals surface area contributed by atoms with Crippen molar-refractivity contribution in [1.82, 2.24) is 10.3 Å². The lowest BCUT2D eigenvalue weighted by Gasteiger charge is -2.31. The molecule has 2 heterocycles. The standard InChI is InChI=1S/C21H24FN3O/c1-16-10-12-25(13-11-16)20-8-4-18(14-23-20)15-24-21(26)9-5-17-2-6-19(22)7-3-17/h2-9,14,16H,10-13,15H2,1H3,(H,24,26)/b9-5+. The molecular weight excluding hydrogens is 329 g/mol. The number of aromatic nitrogens is 1. The van der Waals surface area contributed by atoms with Gasteiger partial charge < -0.3 is 10.2 Å². The van der Waals surface area contributed by atoms with E-state index in [2.05, 4.69) is 22.1 Å². The number of anilines is 1. The lowest BCUT2D eigenvalue weighted by Crippen LogP contribution is -2.33. The SMILES string of the molecule is CC1CCN(c2ccc(CNC(=O)/C=C/c3ccc(F)cc3)cn2)CC1. The van der Waals surface area contributed by atoms with Crippen molar-refractivity contribution in [2.24, 2.45) is 5.92 Å². The number of benzene rings is 1. The van der Waals surface area contributed by atoms with Gasteiger partial charge in [0.15, 0.2) is 0 Å². The summed E-state index contributed by atoms with van der Waals surface area (Å²) in [5, 5.41) is 2.83. The van der Waals surface area contributed by atoms with Gasteiger partial charge in [-0.05, 0) is 54.2 Å². The maximum Gasteiger partial charge on any atom is 0.244 e. The van der Waals surface area contributed by atoms with E-state index in [4.69, 9.17) is 0 Å². The van der Waals surface area contributed by atoms with Crippen molar-refractivity contribution in [2.75, 3.05) is 18.0 Å². The van der Waals surface area contributed by atoms with Gasteiger partial charge in [0.05, 0.1) is 0 Å². The fourth-order valence-corrected chi connectivity index (χ4v) is 2.94. The Bertz CT molecular complexity index is 748. The summed E-state index contributed by atoms with van der Waals surface area (Å²) in [6.45, 7) is 4.83. The number of nitrogens with zero attached hydrogens (tertiary/aromatic N) is 2. The Hall–Kier alpha value is -2.69. The fraction of sp³-hybridized carbons (Fsp3) is 0.333. The third-order valence-corrected chi connectivity index (χ3v) is 4.68. The van der Waals surface area contributed by atoms with E-state index in [1.165, 1.54) is 31.1 Å². The Kier molecular flexibility index (Phi) is 6.00. The molecule has 0 bridgehead atoms. The van der Waals surface area contributed by atoms with Crippen LogP contribution in [-0.4, -0.2) is 24.0 Å². The van der Waals surface area contributed by atoms with E-state index >= 15 is 0 Å². The summed E-state index contributed by atoms with van der Waals surface area (Å²) in [7, 11) is 0. The first-order valence-electron chi connectivity index (χ1n) is 9.01. The summed E-state index contributed by atoms with van der Waals surface area (Å²) in [6, 6.07) is 10.0. The Morgan fingerprint density at radius 3 is 2.62 bits per heavy atom. The minimum atomic E-state index is -0.290. The number of carbonyl (C=O) groups excluding carboxylic acids is 1. The zero-order chi connectivity index (χ0) is 18.4. The molecule has 0 unspecified atom stereocenters. The highest BCUT2D eigenvalue weighted by atomic mass is 19.1. The van der Waals surface area contributed by atoms with E-state index in [0.717, 1.165) is 36.0 Å². The number of nitrogens with one attached hydrogen (secondary N) is 1. The molecule has 3 rings (SSSR count). The van der Waals surface area contributed by atoms with Crippen LogP contribution in [-0.2, 0) is 11.3 Å². The predicted molar refractivity (Wildman–Crippen MR) is 102 cm³/mol. The first-order chi connectivity index (χ1) is 12.6. The average molecular weight is 353 g/mol. The molecule has 136 valence electrons. The maximum atomic E-state index is 12.8. The molecule has 1 aliphatic rings. The third-order valence-electron chi connectivity index (χ3n) is 4.68. The third kappa shape index (κ3) is 5.15. The van der Waals surface area contributed by atoms with Crippen LogP contribution >= 0.6 is 0 Å². The molecule has 4 nitrogen and oxygen atoms in total. The molecular formula is C21H24FN3O. The zero-order valence-electron chi connectivity index (χ0n) is 15.0. The molecule has 0 atom stereocenters. The Morgan fingerprint density at radius 1 is 1.23 bits per heavy atom. The topological polar surface area (TPSA) is 45.2 Å². The van der Waals surface area contributed by atoms with Crippen LogP contribution < -0.4 is 10.2 Å². The summed E-state index contributed by atoms with van der Waals surface area (Å²) in [5.41, 5.74) is 1.74. The van der Waals surface area contributed by atoms with Crippen LogP contribution in [0, 0.1) is 11.7 Å². The number of amides is 1. The van der Waals surface area contributed by atoms with Crippen molar-refractivity contribution in [3.05, 3.63) is 65.6 Å². The summed E-state index contributed by atoms with van der Waals surface area (Å²) < 4.78 is 12.8. The van der Waals surface area contributed by atoms with Gasteiger partial charge in [-0.1, -0.05) is 25.1 Å². The summed E-state index contributed by atoms with van der Waals surface area (Å²) in [4.78, 5) is 18.7. The first-order valence-corrected chi connectivity index (χ1v) is 9.01. The van der Waals surface area contributed by atoms with Gasteiger partial charge in [-0.3, -0.25) is 4.79 Å². The summed E-state index contributed by atoms with van der Waals surface area (Å²) in [6.07, 6.45) is 7.34. The van der Waals surface area contributed by atoms with Crippen LogP contribution in [0.25, 0.3) is 6.08 Å². The van der Waals surface area contributed by atoms with Gasteiger partial charge in [0, 0.05) is 31.9 Å². The lowest BCUT2D eigenvalue weighted by molar-refractivity contribution is -0.116. The molecule has 0 spiro atoms. The number of rotatable bonds is 5. The normalized spacial score (nSPS) is 15.4. The van der Waals surface area contributed by atoms with E-state index in [-0.39, 0.29) is 11.7 Å². The molecule has 0 aliphatic carbocycles. The van der Waals surface area contributed by atoms with Gasteiger partial charge in [0.25, 0.3) is 0 Å². The number of pyridine rings is 1. The van der Waals surface area contributed by atoms with Crippen molar-refractivity contribution < 1.29 is 9.18 Å². The minimum Gasteiger partial charge on any atom is -0.357 e. The fourth-order valence-electron chi connectivity index (χ4n) is 2.94. The first kappa shape index (κ1) is 18.1. The van der Waals surface area contributed by atoms with E-state index < -0.39 is 0 Å². The highest BCUT2D eigenvalue weighted by molar-refractivity contribution is 5.91. The number of hydrogen-bond acceptors (Lipinski definition) is 3. The lowest BCUT2D eigenvalue weighted by atomic mass is 9.99. The summed E-state index contributed by atoms with van der Waals surface area (Å²) >= 11 is 0. The number of carbonyl (C=O) groups is 1. The Morgan fingerprint density at radius 2 is 1.96 bits per heavy atom. The number of halogens is 1. The van der Waals surface area contributed by atoms with Gasteiger partial charge in [0.2, 0.25) is 5.91 Å². The molecule has 1 aliphatic heterocycles. The van der Waals surface area contributed by atoms with E-state index in [1.807, 2.05) is 18.3 Å². The number of hydrogen-bond donors (Lipinski definition) is 1. The van der Waals surface area contributed by atoms with Crippen LogP contribution in [0.15, 0.2) is 48.7 Å². The number of piperidine rings is 1. The van der Waals surface area contributed by atoms with E-state index in [9.17, 15) is 9.18 Å². The van der Waals surface area contributed by atoms with E-state index in [0.29, 0.717) is 6.54 Å². The monoisotopic (exact) mass is 353 g/mol. The zero-order valence-corrected chi connectivity index (χ0v) is 15.0. The highest BCUT2D eigenvalue weighted by Gasteiger charge is 2.16. The molecule has 26 heavy (non-hydrogen) atoms. The second-order valence-corrected chi connectivity index (χ2v) is 6.80. The molecule has 1 fully saturated rings. The van der Waals surface area contributed by atoms with Crippen LogP contribution in [0.4, 0.5) is 10.2 Å². The van der Waals surface area contributed by atoms with Crippen molar-refractivity contribution in [1.29, 1.82) is 0 Å². The Labute approximate surface area is 153 Å². The van der Waals surface area contributed by atoms with Gasteiger partial charge in [0.1, 0.15) is 11.6 Å². The van der Waals surface area contributed by atoms with Crippen LogP contribution in [0.3, 0.4) is 0 Å². The molecule has 1 amide bonds. The van der Waals surface area contributed by atoms with Crippen molar-refractivity contribution in [3.8, 4) is 0 Å². The molecule has 1 aromatic heterocycles. The average Bonchev–Trinajstić information content (AvgIpc) is 2.67. The minimum absolute atomic E-state index is 0.191. The maximum absolute atomic E-state index is 12.8.